The summed E-state index contributed by atoms with van der Waals surface area (Å²) >= 11 is 0. The Labute approximate surface area is 86.2 Å². The van der Waals surface area contributed by atoms with E-state index in [1.54, 1.807) is 24.3 Å². The Morgan fingerprint density at radius 2 is 2.00 bits per heavy atom. The Bertz CT molecular complexity index is 303. The van der Waals surface area contributed by atoms with E-state index in [0.29, 0.717) is 5.75 Å². The van der Waals surface area contributed by atoms with Crippen molar-refractivity contribution in [2.24, 2.45) is 0 Å². The summed E-state index contributed by atoms with van der Waals surface area (Å²) in [5.74, 6) is 0.595. The fourth-order valence-corrected chi connectivity index (χ4v) is 0.904. The molecule has 0 heterocycles. The summed E-state index contributed by atoms with van der Waals surface area (Å²) in [6.07, 6.45) is -1.02. The molecule has 0 radical (unpaired) electrons. The van der Waals surface area contributed by atoms with Gasteiger partial charge in [-0.2, -0.15) is 0 Å². The highest BCUT2D eigenvalue weighted by Gasteiger charge is 2.07. The van der Waals surface area contributed by atoms with E-state index < -0.39 is 11.2 Å². The minimum absolute atomic E-state index is 0.0438. The van der Waals surface area contributed by atoms with Crippen LogP contribution in [0.1, 0.15) is 0 Å². The van der Waals surface area contributed by atoms with Crippen molar-refractivity contribution in [3.8, 4) is 5.75 Å². The standard InChI is InChI=1S/C9H11NO5/c11-8(7-15-10(12)13)6-14-9-4-2-1-3-5-9/h1-5,8,11H,6-7H2/t8-/m1/s1. The minimum atomic E-state index is -1.02. The van der Waals surface area contributed by atoms with E-state index in [0.717, 1.165) is 0 Å². The number of aliphatic hydroxyl groups is 1. The van der Waals surface area contributed by atoms with Crippen LogP contribution in [0.5, 0.6) is 5.75 Å². The lowest BCUT2D eigenvalue weighted by atomic mass is 10.3. The van der Waals surface area contributed by atoms with Gasteiger partial charge in [0, 0.05) is 0 Å². The molecule has 0 aliphatic heterocycles. The first-order valence-electron chi connectivity index (χ1n) is 4.31. The van der Waals surface area contributed by atoms with Crippen molar-refractivity contribution in [3.63, 3.8) is 0 Å². The number of hydrogen-bond acceptors (Lipinski definition) is 5. The van der Waals surface area contributed by atoms with Gasteiger partial charge in [-0.3, -0.25) is 0 Å². The number of rotatable bonds is 6. The van der Waals surface area contributed by atoms with Crippen LogP contribution in [0.4, 0.5) is 0 Å². The third-order valence-corrected chi connectivity index (χ3v) is 1.56. The van der Waals surface area contributed by atoms with Crippen molar-refractivity contribution >= 4 is 0 Å². The topological polar surface area (TPSA) is 81.8 Å². The molecular formula is C9H11NO5. The molecular weight excluding hydrogens is 202 g/mol. The molecule has 1 atom stereocenters. The van der Waals surface area contributed by atoms with E-state index in [2.05, 4.69) is 4.84 Å². The predicted molar refractivity (Wildman–Crippen MR) is 50.9 cm³/mol. The zero-order chi connectivity index (χ0) is 11.1. The van der Waals surface area contributed by atoms with Gasteiger partial charge in [0.05, 0.1) is 0 Å². The molecule has 6 nitrogen and oxygen atoms in total. The molecule has 1 aromatic rings. The van der Waals surface area contributed by atoms with Crippen LogP contribution in [0.3, 0.4) is 0 Å². The summed E-state index contributed by atoms with van der Waals surface area (Å²) in [7, 11) is 0. The lowest BCUT2D eigenvalue weighted by Gasteiger charge is -2.10. The SMILES string of the molecule is O=[N+]([O-])OC[C@H](O)COc1ccccc1. The third-order valence-electron chi connectivity index (χ3n) is 1.56. The lowest BCUT2D eigenvalue weighted by Crippen LogP contribution is -2.24. The van der Waals surface area contributed by atoms with Crippen LogP contribution in [0.15, 0.2) is 30.3 Å². The van der Waals surface area contributed by atoms with Gasteiger partial charge in [-0.15, -0.1) is 10.1 Å². The van der Waals surface area contributed by atoms with Crippen LogP contribution in [0.2, 0.25) is 0 Å². The van der Waals surface area contributed by atoms with Gasteiger partial charge in [-0.05, 0) is 12.1 Å². The first kappa shape index (κ1) is 11.3. The summed E-state index contributed by atoms with van der Waals surface area (Å²) in [6.45, 7) is -0.433. The second kappa shape index (κ2) is 5.82. The van der Waals surface area contributed by atoms with Crippen molar-refractivity contribution in [1.29, 1.82) is 0 Å². The molecule has 0 saturated heterocycles. The van der Waals surface area contributed by atoms with Crippen molar-refractivity contribution in [2.75, 3.05) is 13.2 Å². The highest BCUT2D eigenvalue weighted by atomic mass is 17.0. The summed E-state index contributed by atoms with van der Waals surface area (Å²) in [4.78, 5) is 13.8. The maximum absolute atomic E-state index is 9.81. The average Bonchev–Trinajstić information content (AvgIpc) is 2.25. The summed E-state index contributed by atoms with van der Waals surface area (Å²) < 4.78 is 5.15. The maximum Gasteiger partial charge on any atom is 0.294 e. The first-order chi connectivity index (χ1) is 7.18. The van der Waals surface area contributed by atoms with Gasteiger partial charge in [-0.25, -0.2) is 0 Å². The van der Waals surface area contributed by atoms with Crippen LogP contribution in [0.25, 0.3) is 0 Å². The summed E-state index contributed by atoms with van der Waals surface area (Å²) in [5, 5.41) is 18.1. The molecule has 82 valence electrons. The monoisotopic (exact) mass is 213 g/mol. The van der Waals surface area contributed by atoms with Crippen LogP contribution < -0.4 is 4.74 Å². The third kappa shape index (κ3) is 4.82. The van der Waals surface area contributed by atoms with Crippen molar-refractivity contribution in [2.45, 2.75) is 6.10 Å². The minimum Gasteiger partial charge on any atom is -0.491 e. The predicted octanol–water partition coefficient (Wildman–Crippen LogP) is 0.635. The average molecular weight is 213 g/mol. The fourth-order valence-electron chi connectivity index (χ4n) is 0.904. The molecule has 1 aromatic carbocycles. The van der Waals surface area contributed by atoms with Gasteiger partial charge in [-0.1, -0.05) is 18.2 Å². The summed E-state index contributed by atoms with van der Waals surface area (Å²) in [6, 6.07) is 8.85. The smallest absolute Gasteiger partial charge is 0.294 e. The molecule has 0 fully saturated rings. The molecule has 0 unspecified atom stereocenters. The van der Waals surface area contributed by atoms with Gasteiger partial charge in [0.15, 0.2) is 0 Å². The number of ether oxygens (including phenoxy) is 1. The second-order valence-corrected chi connectivity index (χ2v) is 2.80. The molecule has 1 N–H and O–H groups in total. The maximum atomic E-state index is 9.81. The fraction of sp³-hybridized carbons (Fsp3) is 0.333. The number of aliphatic hydroxyl groups excluding tert-OH is 1. The van der Waals surface area contributed by atoms with Gasteiger partial charge in [0.1, 0.15) is 25.1 Å². The van der Waals surface area contributed by atoms with Crippen molar-refractivity contribution in [1.82, 2.24) is 0 Å². The molecule has 0 aromatic heterocycles. The number of nitrogens with zero attached hydrogens (tertiary/aromatic N) is 1. The zero-order valence-electron chi connectivity index (χ0n) is 7.91. The van der Waals surface area contributed by atoms with Crippen molar-refractivity contribution < 1.29 is 19.8 Å². The molecule has 1 rings (SSSR count). The second-order valence-electron chi connectivity index (χ2n) is 2.80. The highest BCUT2D eigenvalue weighted by molar-refractivity contribution is 5.20. The molecule has 15 heavy (non-hydrogen) atoms. The largest absolute Gasteiger partial charge is 0.491 e. The Morgan fingerprint density at radius 1 is 1.33 bits per heavy atom. The molecule has 0 saturated carbocycles. The van der Waals surface area contributed by atoms with Gasteiger partial charge in [0.2, 0.25) is 0 Å². The van der Waals surface area contributed by atoms with Crippen LogP contribution >= 0.6 is 0 Å². The van der Waals surface area contributed by atoms with Crippen molar-refractivity contribution in [3.05, 3.63) is 40.4 Å². The van der Waals surface area contributed by atoms with Gasteiger partial charge < -0.3 is 14.7 Å². The Kier molecular flexibility index (Phi) is 4.36. The van der Waals surface area contributed by atoms with E-state index in [4.69, 9.17) is 4.74 Å². The lowest BCUT2D eigenvalue weighted by molar-refractivity contribution is -0.759. The Morgan fingerprint density at radius 3 is 2.60 bits per heavy atom. The van der Waals surface area contributed by atoms with E-state index in [9.17, 15) is 15.2 Å². The molecule has 0 aliphatic rings. The Hall–Kier alpha value is -1.82. The van der Waals surface area contributed by atoms with E-state index in [1.807, 2.05) is 6.07 Å². The van der Waals surface area contributed by atoms with Gasteiger partial charge in [0.25, 0.3) is 5.09 Å². The quantitative estimate of drug-likeness (QED) is 0.553. The number of benzene rings is 1. The van der Waals surface area contributed by atoms with Crippen LogP contribution in [-0.2, 0) is 4.84 Å². The normalized spacial score (nSPS) is 11.8. The molecule has 0 aliphatic carbocycles. The van der Waals surface area contributed by atoms with E-state index in [-0.39, 0.29) is 13.2 Å². The molecule has 0 bridgehead atoms. The highest BCUT2D eigenvalue weighted by Crippen LogP contribution is 2.08. The summed E-state index contributed by atoms with van der Waals surface area (Å²) in [5.41, 5.74) is 0. The molecule has 6 heteroatoms. The molecule has 0 amide bonds. The zero-order valence-corrected chi connectivity index (χ0v) is 7.91. The van der Waals surface area contributed by atoms with Crippen LogP contribution in [0, 0.1) is 10.1 Å². The first-order valence-corrected chi connectivity index (χ1v) is 4.31. The number of para-hydroxylation sites is 1. The van der Waals surface area contributed by atoms with Crippen LogP contribution in [-0.4, -0.2) is 29.5 Å². The van der Waals surface area contributed by atoms with Gasteiger partial charge >= 0.3 is 0 Å². The molecule has 0 spiro atoms. The van der Waals surface area contributed by atoms with E-state index in [1.165, 1.54) is 0 Å². The Balaban J connectivity index is 2.22. The number of hydrogen-bond donors (Lipinski definition) is 1. The van der Waals surface area contributed by atoms with E-state index >= 15 is 0 Å².